The molecule has 1 rings (SSSR count). The second-order valence-electron chi connectivity index (χ2n) is 3.00. The summed E-state index contributed by atoms with van der Waals surface area (Å²) in [4.78, 5) is -4.17. The molecule has 0 heterocycles. The lowest BCUT2D eigenvalue weighted by Gasteiger charge is -2.40. The van der Waals surface area contributed by atoms with E-state index in [4.69, 9.17) is 0 Å². The molecule has 0 aliphatic heterocycles. The molecule has 0 bridgehead atoms. The maximum Gasteiger partial charge on any atom is 0.310 e. The van der Waals surface area contributed by atoms with Gasteiger partial charge in [-0.05, 0) is 18.2 Å². The molecule has 0 amide bonds. The lowest BCUT2D eigenvalue weighted by atomic mass is 10.3. The third kappa shape index (κ3) is 3.42. The third-order valence-electron chi connectivity index (χ3n) is 1.61. The smallest absolute Gasteiger partial charge is 0.207 e. The van der Waals surface area contributed by atoms with Gasteiger partial charge < -0.3 is 0 Å². The van der Waals surface area contributed by atoms with E-state index in [0.717, 1.165) is 0 Å². The van der Waals surface area contributed by atoms with Crippen LogP contribution in [0, 0.1) is 5.82 Å². The summed E-state index contributed by atoms with van der Waals surface area (Å²) in [6.45, 7) is 0. The molecule has 1 aromatic rings. The van der Waals surface area contributed by atoms with Crippen LogP contribution in [0.4, 0.5) is 23.8 Å². The van der Waals surface area contributed by atoms with Gasteiger partial charge >= 0.3 is 10.2 Å². The topological polar surface area (TPSA) is 34.1 Å². The first-order valence-electron chi connectivity index (χ1n) is 3.59. The van der Waals surface area contributed by atoms with E-state index in [-0.39, 0.29) is 12.1 Å². The van der Waals surface area contributed by atoms with Crippen LogP contribution in [-0.2, 0) is 9.05 Å². The van der Waals surface area contributed by atoms with Gasteiger partial charge in [0.1, 0.15) is 15.6 Å². The number of halogens is 7. The van der Waals surface area contributed by atoms with Gasteiger partial charge in [-0.25, -0.2) is 12.8 Å². The summed E-state index contributed by atoms with van der Waals surface area (Å²) in [6.07, 6.45) is 0. The van der Waals surface area contributed by atoms with E-state index in [0.29, 0.717) is 0 Å². The summed E-state index contributed by atoms with van der Waals surface area (Å²) in [5.41, 5.74) is 0. The molecule has 0 N–H and O–H groups in total. The highest BCUT2D eigenvalue weighted by molar-refractivity contribution is 8.45. The van der Waals surface area contributed by atoms with E-state index in [1.54, 1.807) is 0 Å². The molecule has 0 spiro atoms. The molecule has 0 saturated heterocycles. The van der Waals surface area contributed by atoms with Crippen LogP contribution in [0.25, 0.3) is 0 Å². The van der Waals surface area contributed by atoms with Crippen molar-refractivity contribution in [2.45, 2.75) is 9.79 Å². The number of benzene rings is 1. The highest BCUT2D eigenvalue weighted by Crippen LogP contribution is 3.02. The van der Waals surface area contributed by atoms with Gasteiger partial charge in [-0.3, -0.25) is 0 Å². The predicted octanol–water partition coefficient (Wildman–Crippen LogP) is 4.41. The van der Waals surface area contributed by atoms with Crippen molar-refractivity contribution in [3.63, 3.8) is 0 Å². The fourth-order valence-corrected chi connectivity index (χ4v) is 2.57. The van der Waals surface area contributed by atoms with Crippen LogP contribution in [0.3, 0.4) is 0 Å². The second kappa shape index (κ2) is 3.04. The van der Waals surface area contributed by atoms with Crippen molar-refractivity contribution in [1.29, 1.82) is 0 Å². The summed E-state index contributed by atoms with van der Waals surface area (Å²) in [5, 5.41) is 0. The minimum absolute atomic E-state index is 0.0392. The van der Waals surface area contributed by atoms with Crippen molar-refractivity contribution in [3.8, 4) is 0 Å². The summed E-state index contributed by atoms with van der Waals surface area (Å²) >= 11 is 0. The first-order valence-corrected chi connectivity index (χ1v) is 7.86. The van der Waals surface area contributed by atoms with Crippen molar-refractivity contribution in [2.75, 3.05) is 0 Å². The molecule has 0 aliphatic rings. The Morgan fingerprint density at radius 2 is 1.53 bits per heavy atom. The molecule has 0 fully saturated rings. The molecule has 2 nitrogen and oxygen atoms in total. The van der Waals surface area contributed by atoms with Crippen LogP contribution in [-0.4, -0.2) is 8.42 Å². The van der Waals surface area contributed by atoms with Crippen LogP contribution >= 0.6 is 20.9 Å². The van der Waals surface area contributed by atoms with Gasteiger partial charge in [0.25, 0.3) is 9.05 Å². The van der Waals surface area contributed by atoms with Crippen molar-refractivity contribution < 1.29 is 32.2 Å². The molecule has 1 aromatic carbocycles. The minimum atomic E-state index is -10.1. The van der Waals surface area contributed by atoms with E-state index in [1.807, 2.05) is 0 Å². The molecular formula is C6H3ClF6O2S2. The monoisotopic (exact) mass is 320 g/mol. The fourth-order valence-electron chi connectivity index (χ4n) is 0.910. The normalized spacial score (nSPS) is 17.4. The molecule has 0 radical (unpaired) electrons. The third-order valence-corrected chi connectivity index (χ3v) is 4.09. The Kier molecular flexibility index (Phi) is 2.58. The molecule has 11 heteroatoms. The molecule has 17 heavy (non-hydrogen) atoms. The summed E-state index contributed by atoms with van der Waals surface area (Å²) < 4.78 is 95.6. The van der Waals surface area contributed by atoms with Crippen LogP contribution in [0.5, 0.6) is 0 Å². The number of rotatable bonds is 2. The Morgan fingerprint density at radius 3 is 1.88 bits per heavy atom. The molecule has 0 atom stereocenters. The van der Waals surface area contributed by atoms with E-state index >= 15 is 0 Å². The molecule has 0 unspecified atom stereocenters. The summed E-state index contributed by atoms with van der Waals surface area (Å²) in [7, 11) is -10.3. The first-order chi connectivity index (χ1) is 7.11. The lowest BCUT2D eigenvalue weighted by Crippen LogP contribution is -2.08. The highest BCUT2D eigenvalue weighted by Gasteiger charge is 2.65. The van der Waals surface area contributed by atoms with E-state index in [2.05, 4.69) is 10.7 Å². The number of hydrogen-bond acceptors (Lipinski definition) is 2. The van der Waals surface area contributed by atoms with Crippen molar-refractivity contribution >= 4 is 30.0 Å². The zero-order valence-electron chi connectivity index (χ0n) is 7.51. The standard InChI is InChI=1S/C6H3ClF6O2S2/c7-16(14,15)6-3-4(1-2-5(6)8)17(9,10,11,12)13/h1-3H. The van der Waals surface area contributed by atoms with E-state index in [1.165, 1.54) is 0 Å². The van der Waals surface area contributed by atoms with Gasteiger partial charge in [-0.2, -0.15) is 0 Å². The van der Waals surface area contributed by atoms with Gasteiger partial charge in [0.2, 0.25) is 0 Å². The van der Waals surface area contributed by atoms with Gasteiger partial charge in [0.05, 0.1) is 0 Å². The van der Waals surface area contributed by atoms with E-state index in [9.17, 15) is 32.2 Å². The van der Waals surface area contributed by atoms with Crippen molar-refractivity contribution in [2.24, 2.45) is 0 Å². The fraction of sp³-hybridized carbons (Fsp3) is 0. The van der Waals surface area contributed by atoms with Crippen LogP contribution in [0.1, 0.15) is 0 Å². The lowest BCUT2D eigenvalue weighted by molar-refractivity contribution is 0.363. The summed E-state index contributed by atoms with van der Waals surface area (Å²) in [6, 6.07) is -0.815. The van der Waals surface area contributed by atoms with Crippen molar-refractivity contribution in [3.05, 3.63) is 24.0 Å². The van der Waals surface area contributed by atoms with Gasteiger partial charge in [-0.1, -0.05) is 19.4 Å². The second-order valence-corrected chi connectivity index (χ2v) is 7.94. The first kappa shape index (κ1) is 14.5. The Balaban J connectivity index is 3.67. The zero-order chi connectivity index (χ0) is 13.8. The molecular weight excluding hydrogens is 318 g/mol. The molecule has 0 aromatic heterocycles. The average molecular weight is 321 g/mol. The van der Waals surface area contributed by atoms with Crippen LogP contribution in [0.2, 0.25) is 0 Å². The van der Waals surface area contributed by atoms with Gasteiger partial charge in [0.15, 0.2) is 0 Å². The Labute approximate surface area is 96.3 Å². The maximum absolute atomic E-state index is 12.8. The number of hydrogen-bond donors (Lipinski definition) is 0. The van der Waals surface area contributed by atoms with Crippen LogP contribution < -0.4 is 0 Å². The van der Waals surface area contributed by atoms with Crippen LogP contribution in [0.15, 0.2) is 28.0 Å². The van der Waals surface area contributed by atoms with Crippen molar-refractivity contribution in [1.82, 2.24) is 0 Å². The molecule has 100 valence electrons. The maximum atomic E-state index is 12.8. The SMILES string of the molecule is O=S(=O)(Cl)c1cc(S(F)(F)(F)(F)F)ccc1F. The Morgan fingerprint density at radius 1 is 1.06 bits per heavy atom. The molecule has 0 aliphatic carbocycles. The van der Waals surface area contributed by atoms with Gasteiger partial charge in [0, 0.05) is 10.7 Å². The Hall–Kier alpha value is -0.610. The van der Waals surface area contributed by atoms with E-state index < -0.39 is 40.9 Å². The van der Waals surface area contributed by atoms with Gasteiger partial charge in [-0.15, -0.1) is 0 Å². The Bertz CT molecular complexity index is 578. The molecule has 0 saturated carbocycles. The quantitative estimate of drug-likeness (QED) is 0.597. The largest absolute Gasteiger partial charge is 0.310 e. The summed E-state index contributed by atoms with van der Waals surface area (Å²) in [5.74, 6) is -1.65. The minimum Gasteiger partial charge on any atom is -0.207 e. The predicted molar refractivity (Wildman–Crippen MR) is 50.8 cm³/mol. The average Bonchev–Trinajstić information content (AvgIpc) is 1.97. The zero-order valence-corrected chi connectivity index (χ0v) is 9.90. The highest BCUT2D eigenvalue weighted by atomic mass is 35.7.